The highest BCUT2D eigenvalue weighted by atomic mass is 79.9. The zero-order valence-corrected chi connectivity index (χ0v) is 31.1. The van der Waals surface area contributed by atoms with Gasteiger partial charge < -0.3 is 0 Å². The smallest absolute Gasteiger partial charge is 0.0659 e. The Morgan fingerprint density at radius 1 is 0.381 bits per heavy atom. The third-order valence-electron chi connectivity index (χ3n) is 8.22. The average Bonchev–Trinajstić information content (AvgIpc) is 2.91. The normalized spacial score (nSPS) is 11.1. The Balaban J connectivity index is 1.79. The molecular weight excluding hydrogens is 774 g/mol. The second-order valence-corrected chi connectivity index (χ2v) is 14.8. The van der Waals surface area contributed by atoms with Crippen LogP contribution in [0.15, 0.2) is 103 Å². The Labute approximate surface area is 285 Å². The van der Waals surface area contributed by atoms with E-state index in [1.165, 1.54) is 66.2 Å². The molecule has 0 aliphatic carbocycles. The van der Waals surface area contributed by atoms with Gasteiger partial charge in [0.1, 0.15) is 0 Å². The standard InChI is InChI=1S/C36H32B2Br4/c1-21-15-23(3)35(24(4)16-21)37(27-11-7-9-13-31(27)39)29-19-34(42)30(20-33(29)41)38(28-12-8-10-14-32(28)40)36-25(5)17-22(2)18-26(36)6/h7-20H,1-6H3. The predicted octanol–water partition coefficient (Wildman–Crippen LogP) is 7.62. The van der Waals surface area contributed by atoms with Crippen LogP contribution in [-0.2, 0) is 0 Å². The summed E-state index contributed by atoms with van der Waals surface area (Å²) >= 11 is 16.0. The summed E-state index contributed by atoms with van der Waals surface area (Å²) in [5.41, 5.74) is 15.4. The first-order valence-electron chi connectivity index (χ1n) is 14.1. The molecule has 5 aromatic rings. The van der Waals surface area contributed by atoms with Crippen molar-refractivity contribution in [2.45, 2.75) is 41.5 Å². The van der Waals surface area contributed by atoms with Gasteiger partial charge in [-0.15, -0.1) is 0 Å². The average molecular weight is 806 g/mol. The summed E-state index contributed by atoms with van der Waals surface area (Å²) in [5, 5.41) is 0. The maximum Gasteiger partial charge on any atom is 0.244 e. The van der Waals surface area contributed by atoms with Gasteiger partial charge in [0.2, 0.25) is 13.4 Å². The highest BCUT2D eigenvalue weighted by molar-refractivity contribution is 9.11. The summed E-state index contributed by atoms with van der Waals surface area (Å²) in [6, 6.07) is 31.1. The van der Waals surface area contributed by atoms with E-state index in [2.05, 4.69) is 190 Å². The minimum atomic E-state index is 0.0469. The lowest BCUT2D eigenvalue weighted by Gasteiger charge is -2.26. The van der Waals surface area contributed by atoms with E-state index in [0.29, 0.717) is 0 Å². The number of halogens is 4. The topological polar surface area (TPSA) is 0 Å². The molecule has 0 amide bonds. The molecule has 0 unspecified atom stereocenters. The second kappa shape index (κ2) is 13.0. The van der Waals surface area contributed by atoms with Crippen molar-refractivity contribution < 1.29 is 0 Å². The van der Waals surface area contributed by atoms with E-state index in [4.69, 9.17) is 0 Å². The molecule has 5 rings (SSSR count). The first-order valence-corrected chi connectivity index (χ1v) is 17.3. The van der Waals surface area contributed by atoms with Crippen molar-refractivity contribution in [3.05, 3.63) is 136 Å². The van der Waals surface area contributed by atoms with Gasteiger partial charge in [-0.05, 0) is 53.7 Å². The van der Waals surface area contributed by atoms with Crippen LogP contribution in [0, 0.1) is 41.5 Å². The first kappa shape index (κ1) is 31.6. The summed E-state index contributed by atoms with van der Waals surface area (Å²) in [4.78, 5) is 0. The molecule has 0 aromatic heterocycles. The van der Waals surface area contributed by atoms with Crippen LogP contribution in [0.3, 0.4) is 0 Å². The van der Waals surface area contributed by atoms with Crippen LogP contribution in [0.25, 0.3) is 0 Å². The lowest BCUT2D eigenvalue weighted by Crippen LogP contribution is -2.57. The van der Waals surface area contributed by atoms with Crippen molar-refractivity contribution in [2.75, 3.05) is 0 Å². The molecule has 6 heteroatoms. The SMILES string of the molecule is Cc1cc(C)c(B(c2ccccc2Br)c2cc(Br)c(B(c3ccccc3Br)c3c(C)cc(C)cc3C)cc2Br)c(C)c1. The molecule has 0 radical (unpaired) electrons. The Bertz CT molecular complexity index is 1630. The van der Waals surface area contributed by atoms with Gasteiger partial charge in [-0.25, -0.2) is 0 Å². The van der Waals surface area contributed by atoms with E-state index in [-0.39, 0.29) is 13.4 Å². The fourth-order valence-electron chi connectivity index (χ4n) is 6.69. The molecule has 0 aliphatic heterocycles. The molecule has 0 bridgehead atoms. The van der Waals surface area contributed by atoms with Crippen molar-refractivity contribution in [1.29, 1.82) is 0 Å². The van der Waals surface area contributed by atoms with Crippen LogP contribution < -0.4 is 32.8 Å². The van der Waals surface area contributed by atoms with Gasteiger partial charge in [0.15, 0.2) is 0 Å². The van der Waals surface area contributed by atoms with Crippen LogP contribution in [0.2, 0.25) is 0 Å². The molecule has 0 heterocycles. The van der Waals surface area contributed by atoms with Gasteiger partial charge >= 0.3 is 0 Å². The molecule has 42 heavy (non-hydrogen) atoms. The molecule has 0 atom stereocenters. The molecule has 0 spiro atoms. The number of rotatable bonds is 6. The van der Waals surface area contributed by atoms with Crippen LogP contribution in [0.1, 0.15) is 33.4 Å². The van der Waals surface area contributed by atoms with Crippen molar-refractivity contribution in [3.63, 3.8) is 0 Å². The monoisotopic (exact) mass is 802 g/mol. The molecule has 0 saturated carbocycles. The van der Waals surface area contributed by atoms with Gasteiger partial charge in [0.25, 0.3) is 0 Å². The largest absolute Gasteiger partial charge is 0.244 e. The third kappa shape index (κ3) is 6.20. The molecule has 5 aromatic carbocycles. The maximum absolute atomic E-state index is 4.10. The van der Waals surface area contributed by atoms with E-state index in [0.717, 1.165) is 17.9 Å². The second-order valence-electron chi connectivity index (χ2n) is 11.4. The minimum Gasteiger partial charge on any atom is -0.0659 e. The molecule has 0 N–H and O–H groups in total. The number of hydrogen-bond donors (Lipinski definition) is 0. The van der Waals surface area contributed by atoms with Gasteiger partial charge in [-0.2, -0.15) is 0 Å². The van der Waals surface area contributed by atoms with Crippen LogP contribution in [0.4, 0.5) is 0 Å². The molecular formula is C36H32B2Br4. The van der Waals surface area contributed by atoms with Crippen molar-refractivity contribution >= 4 is 110 Å². The minimum absolute atomic E-state index is 0.0469. The van der Waals surface area contributed by atoms with Crippen molar-refractivity contribution in [2.24, 2.45) is 0 Å². The van der Waals surface area contributed by atoms with E-state index in [1.54, 1.807) is 0 Å². The Kier molecular flexibility index (Phi) is 9.79. The summed E-state index contributed by atoms with van der Waals surface area (Å²) in [6.45, 7) is 13.4. The summed E-state index contributed by atoms with van der Waals surface area (Å²) in [5.74, 6) is 0. The fourth-order valence-corrected chi connectivity index (χ4v) is 8.90. The van der Waals surface area contributed by atoms with Gasteiger partial charge in [0.05, 0.1) is 0 Å². The fraction of sp³-hybridized carbons (Fsp3) is 0.167. The quantitative estimate of drug-likeness (QED) is 0.155. The highest BCUT2D eigenvalue weighted by Gasteiger charge is 2.33. The maximum atomic E-state index is 4.10. The summed E-state index contributed by atoms with van der Waals surface area (Å²) in [7, 11) is 0. The summed E-state index contributed by atoms with van der Waals surface area (Å²) < 4.78 is 4.41. The molecule has 0 saturated heterocycles. The van der Waals surface area contributed by atoms with Gasteiger partial charge in [-0.1, -0.05) is 203 Å². The molecule has 0 aliphatic rings. The molecule has 210 valence electrons. The third-order valence-corrected chi connectivity index (χ3v) is 11.0. The number of benzene rings is 5. The Hall–Kier alpha value is -1.85. The van der Waals surface area contributed by atoms with E-state index in [9.17, 15) is 0 Å². The lowest BCUT2D eigenvalue weighted by atomic mass is 9.33. The van der Waals surface area contributed by atoms with Gasteiger partial charge in [0, 0.05) is 17.9 Å². The van der Waals surface area contributed by atoms with Crippen molar-refractivity contribution in [1.82, 2.24) is 0 Å². The van der Waals surface area contributed by atoms with Crippen molar-refractivity contribution in [3.8, 4) is 0 Å². The number of aryl methyl sites for hydroxylation is 6. The van der Waals surface area contributed by atoms with Crippen LogP contribution in [-0.4, -0.2) is 13.4 Å². The van der Waals surface area contributed by atoms with E-state index >= 15 is 0 Å². The Morgan fingerprint density at radius 3 is 1.00 bits per heavy atom. The molecule has 0 nitrogen and oxygen atoms in total. The number of hydrogen-bond acceptors (Lipinski definition) is 0. The first-order chi connectivity index (χ1) is 20.0. The highest BCUT2D eigenvalue weighted by Crippen LogP contribution is 2.20. The zero-order valence-electron chi connectivity index (χ0n) is 24.7. The Morgan fingerprint density at radius 2 is 0.690 bits per heavy atom. The van der Waals surface area contributed by atoms with Gasteiger partial charge in [-0.3, -0.25) is 0 Å². The van der Waals surface area contributed by atoms with E-state index in [1.807, 2.05) is 0 Å². The predicted molar refractivity (Wildman–Crippen MR) is 201 cm³/mol. The summed E-state index contributed by atoms with van der Waals surface area (Å²) in [6.07, 6.45) is 0. The van der Waals surface area contributed by atoms with E-state index < -0.39 is 0 Å². The van der Waals surface area contributed by atoms with Crippen LogP contribution >= 0.6 is 63.7 Å². The lowest BCUT2D eigenvalue weighted by molar-refractivity contribution is 1.35. The van der Waals surface area contributed by atoms with Crippen LogP contribution in [0.5, 0.6) is 0 Å². The zero-order chi connectivity index (χ0) is 30.3. The molecule has 0 fully saturated rings.